The van der Waals surface area contributed by atoms with Gasteiger partial charge in [0.25, 0.3) is 0 Å². The number of nitrogens with zero attached hydrogens (tertiary/aromatic N) is 3. The molecule has 2 saturated heterocycles. The maximum atomic E-state index is 12.3. The first-order valence-electron chi connectivity index (χ1n) is 10.3. The summed E-state index contributed by atoms with van der Waals surface area (Å²) in [5.41, 5.74) is 5.67. The second kappa shape index (κ2) is 9.76. The zero-order valence-corrected chi connectivity index (χ0v) is 17.7. The van der Waals surface area contributed by atoms with Gasteiger partial charge in [0.2, 0.25) is 6.21 Å². The van der Waals surface area contributed by atoms with Crippen molar-refractivity contribution in [2.24, 2.45) is 5.73 Å². The number of rotatable bonds is 9. The number of hydrazone groups is 1. The predicted molar refractivity (Wildman–Crippen MR) is 115 cm³/mol. The number of ether oxygens (including phenoxy) is 2. The van der Waals surface area contributed by atoms with Crippen LogP contribution in [0.15, 0.2) is 12.1 Å². The van der Waals surface area contributed by atoms with Gasteiger partial charge in [-0.3, -0.25) is 4.90 Å². The average Bonchev–Trinajstić information content (AvgIpc) is 2.68. The number of nitrogens with two attached hydrogens (primary N) is 1. The SMILES string of the molecule is [B]CCc1ccc(OC2CN(C[C@@](C)(N)/C=[N+](/[O-])N3CCOCC3)C2)c(C(=O)O)c1O. The molecule has 0 bridgehead atoms. The lowest BCUT2D eigenvalue weighted by Crippen LogP contribution is -2.61. The molecule has 1 aromatic carbocycles. The van der Waals surface area contributed by atoms with E-state index in [-0.39, 0.29) is 23.2 Å². The van der Waals surface area contributed by atoms with Crippen molar-refractivity contribution in [2.75, 3.05) is 45.9 Å². The van der Waals surface area contributed by atoms with Crippen molar-refractivity contribution in [2.45, 2.75) is 31.3 Å². The summed E-state index contributed by atoms with van der Waals surface area (Å²) >= 11 is 0. The highest BCUT2D eigenvalue weighted by Crippen LogP contribution is 2.33. The number of aryl methyl sites for hydroxylation is 1. The van der Waals surface area contributed by atoms with Crippen LogP contribution in [0.1, 0.15) is 22.8 Å². The summed E-state index contributed by atoms with van der Waals surface area (Å²) in [6, 6.07) is 3.18. The molecule has 11 heteroatoms. The molecular formula is C20H29BN4O6. The van der Waals surface area contributed by atoms with E-state index < -0.39 is 11.5 Å². The Hall–Kier alpha value is -2.50. The number of hydrogen-bond donors (Lipinski definition) is 3. The van der Waals surface area contributed by atoms with E-state index >= 15 is 0 Å². The summed E-state index contributed by atoms with van der Waals surface area (Å²) in [7, 11) is 5.50. The Labute approximate surface area is 182 Å². The van der Waals surface area contributed by atoms with Crippen molar-refractivity contribution in [1.29, 1.82) is 0 Å². The van der Waals surface area contributed by atoms with Crippen LogP contribution in [0, 0.1) is 5.21 Å². The molecule has 1 aromatic rings. The van der Waals surface area contributed by atoms with Crippen LogP contribution in [0.4, 0.5) is 0 Å². The highest BCUT2D eigenvalue weighted by molar-refractivity contribution is 6.08. The first-order valence-corrected chi connectivity index (χ1v) is 10.3. The molecule has 2 aliphatic rings. The Morgan fingerprint density at radius 3 is 2.74 bits per heavy atom. The lowest BCUT2D eigenvalue weighted by atomic mass is 9.95. The molecule has 2 aliphatic heterocycles. The number of benzene rings is 1. The van der Waals surface area contributed by atoms with Gasteiger partial charge in [-0.05, 0) is 25.0 Å². The van der Waals surface area contributed by atoms with E-state index in [2.05, 4.69) is 0 Å². The Kier molecular flexibility index (Phi) is 7.29. The second-order valence-electron chi connectivity index (χ2n) is 8.23. The Bertz CT molecular complexity index is 822. The van der Waals surface area contributed by atoms with E-state index in [1.807, 2.05) is 4.90 Å². The second-order valence-corrected chi connectivity index (χ2v) is 8.23. The highest BCUT2D eigenvalue weighted by atomic mass is 16.5. The van der Waals surface area contributed by atoms with Gasteiger partial charge >= 0.3 is 5.97 Å². The molecule has 1 atom stereocenters. The van der Waals surface area contributed by atoms with Crippen LogP contribution in [0.2, 0.25) is 6.32 Å². The van der Waals surface area contributed by atoms with Gasteiger partial charge in [0.15, 0.2) is 0 Å². The molecule has 0 amide bonds. The Morgan fingerprint density at radius 2 is 2.13 bits per heavy atom. The molecule has 31 heavy (non-hydrogen) atoms. The molecule has 10 nitrogen and oxygen atoms in total. The quantitative estimate of drug-likeness (QED) is 0.160. The number of carboxylic acid groups (broad SMARTS) is 1. The van der Waals surface area contributed by atoms with Crippen molar-refractivity contribution in [3.05, 3.63) is 28.5 Å². The molecule has 0 aromatic heterocycles. The first-order chi connectivity index (χ1) is 14.7. The first kappa shape index (κ1) is 23.2. The van der Waals surface area contributed by atoms with Crippen molar-refractivity contribution in [1.82, 2.24) is 9.91 Å². The van der Waals surface area contributed by atoms with E-state index in [1.54, 1.807) is 24.1 Å². The van der Waals surface area contributed by atoms with E-state index in [1.165, 1.54) is 6.21 Å². The van der Waals surface area contributed by atoms with Crippen LogP contribution in [0.25, 0.3) is 0 Å². The fourth-order valence-corrected chi connectivity index (χ4v) is 3.79. The van der Waals surface area contributed by atoms with Crippen molar-refractivity contribution in [3.63, 3.8) is 0 Å². The molecule has 2 fully saturated rings. The van der Waals surface area contributed by atoms with Gasteiger partial charge in [-0.1, -0.05) is 17.2 Å². The zero-order chi connectivity index (χ0) is 22.6. The fourth-order valence-electron chi connectivity index (χ4n) is 3.79. The van der Waals surface area contributed by atoms with Gasteiger partial charge in [-0.25, -0.2) is 4.79 Å². The molecule has 4 N–H and O–H groups in total. The topological polar surface area (TPSA) is 135 Å². The average molecular weight is 432 g/mol. The molecule has 2 radical (unpaired) electrons. The smallest absolute Gasteiger partial charge is 0.343 e. The van der Waals surface area contributed by atoms with Crippen molar-refractivity contribution < 1.29 is 29.3 Å². The van der Waals surface area contributed by atoms with E-state index in [4.69, 9.17) is 23.1 Å². The van der Waals surface area contributed by atoms with Crippen molar-refractivity contribution in [3.8, 4) is 11.5 Å². The summed E-state index contributed by atoms with van der Waals surface area (Å²) in [6.45, 7) is 5.37. The number of carboxylic acids is 1. The van der Waals surface area contributed by atoms with Gasteiger partial charge in [0.05, 0.1) is 34.1 Å². The van der Waals surface area contributed by atoms with Gasteiger partial charge < -0.3 is 30.6 Å². The summed E-state index contributed by atoms with van der Waals surface area (Å²) < 4.78 is 11.1. The zero-order valence-electron chi connectivity index (χ0n) is 17.7. The maximum Gasteiger partial charge on any atom is 0.343 e. The standard InChI is InChI=1S/C20H29BN4O6/c1-20(22,13-25(29)24-6-8-30-9-7-24)12-23-10-15(11-23)31-16-3-2-14(4-5-21)18(26)17(16)19(27)28/h2-3,13,15,26H,4-12,22H2,1H3,(H,27,28)/b25-13+/t20-/m1/s1. The molecule has 0 spiro atoms. The fraction of sp³-hybridized carbons (Fsp3) is 0.600. The molecule has 0 aliphatic carbocycles. The number of morpholine rings is 1. The summed E-state index contributed by atoms with van der Waals surface area (Å²) in [5, 5.41) is 33.7. The van der Waals surface area contributed by atoms with Gasteiger partial charge in [0.1, 0.15) is 28.7 Å². The number of hydrazine groups is 1. The number of aromatic hydroxyl groups is 1. The third kappa shape index (κ3) is 5.81. The third-order valence-corrected chi connectivity index (χ3v) is 5.30. The van der Waals surface area contributed by atoms with Crippen molar-refractivity contribution >= 4 is 20.0 Å². The van der Waals surface area contributed by atoms with Gasteiger partial charge in [-0.15, -0.1) is 0 Å². The molecule has 0 unspecified atom stereocenters. The largest absolute Gasteiger partial charge is 0.597 e. The third-order valence-electron chi connectivity index (χ3n) is 5.30. The minimum absolute atomic E-state index is 0.121. The Morgan fingerprint density at radius 1 is 1.45 bits per heavy atom. The minimum Gasteiger partial charge on any atom is -0.597 e. The summed E-state index contributed by atoms with van der Waals surface area (Å²) in [6.07, 6.45) is 1.89. The minimum atomic E-state index is -1.26. The summed E-state index contributed by atoms with van der Waals surface area (Å²) in [5.74, 6) is -1.45. The van der Waals surface area contributed by atoms with Crippen LogP contribution in [0.3, 0.4) is 0 Å². The predicted octanol–water partition coefficient (Wildman–Crippen LogP) is -0.172. The molecule has 168 valence electrons. The maximum absolute atomic E-state index is 12.3. The lowest BCUT2D eigenvalue weighted by molar-refractivity contribution is -0.640. The lowest BCUT2D eigenvalue weighted by Gasteiger charge is -2.41. The number of hydrogen-bond acceptors (Lipinski definition) is 8. The number of aromatic carboxylic acids is 1. The normalized spacial score (nSPS) is 20.2. The molecule has 0 saturated carbocycles. The summed E-state index contributed by atoms with van der Waals surface area (Å²) in [4.78, 5) is 14.4. The van der Waals surface area contributed by atoms with Crippen LogP contribution < -0.4 is 10.5 Å². The number of likely N-dealkylation sites (tertiary alicyclic amines) is 1. The number of phenols is 1. The van der Waals surface area contributed by atoms with Gasteiger partial charge in [-0.2, -0.15) is 5.01 Å². The van der Waals surface area contributed by atoms with Crippen LogP contribution in [-0.4, -0.2) is 103 Å². The molecule has 2 heterocycles. The van der Waals surface area contributed by atoms with E-state index in [9.17, 15) is 20.2 Å². The number of carbonyl (C=O) groups is 1. The van der Waals surface area contributed by atoms with E-state index in [0.717, 1.165) is 4.85 Å². The van der Waals surface area contributed by atoms with E-state index in [0.29, 0.717) is 64.2 Å². The monoisotopic (exact) mass is 432 g/mol. The molecule has 3 rings (SSSR count). The van der Waals surface area contributed by atoms with Gasteiger partial charge in [0, 0.05) is 19.6 Å². The van der Waals surface area contributed by atoms with Crippen LogP contribution in [-0.2, 0) is 11.2 Å². The molecular weight excluding hydrogens is 403 g/mol. The van der Waals surface area contributed by atoms with Crippen LogP contribution >= 0.6 is 0 Å². The highest BCUT2D eigenvalue weighted by Gasteiger charge is 2.35. The van der Waals surface area contributed by atoms with Crippen LogP contribution in [0.5, 0.6) is 11.5 Å². The Balaban J connectivity index is 1.57.